The molecule has 7 heteroatoms. The van der Waals surface area contributed by atoms with Gasteiger partial charge in [0.05, 0.1) is 6.61 Å². The number of hydrogen-bond donors (Lipinski definition) is 1. The topological polar surface area (TPSA) is 61.9 Å². The summed E-state index contributed by atoms with van der Waals surface area (Å²) >= 11 is 5.73. The van der Waals surface area contributed by atoms with Crippen molar-refractivity contribution >= 4 is 34.8 Å². The van der Waals surface area contributed by atoms with Crippen LogP contribution in [0.25, 0.3) is 0 Å². The van der Waals surface area contributed by atoms with Crippen LogP contribution in [-0.4, -0.2) is 65.5 Å². The maximum absolute atomic E-state index is 11.7. The van der Waals surface area contributed by atoms with E-state index in [-0.39, 0.29) is 6.61 Å². The minimum absolute atomic E-state index is 0.172. The van der Waals surface area contributed by atoms with Crippen molar-refractivity contribution in [2.24, 2.45) is 0 Å². The third kappa shape index (κ3) is 5.54. The van der Waals surface area contributed by atoms with Crippen molar-refractivity contribution in [2.75, 3.05) is 32.1 Å². The van der Waals surface area contributed by atoms with Gasteiger partial charge in [0.2, 0.25) is 0 Å². The quantitative estimate of drug-likeness (QED) is 0.451. The standard InChI is InChI=1S/C22H31N3O3S/c1-3-28-22(27)20(26)23-17-11-9-16(10-12-17)21(29)24(2)19-13-14-25(15-19)18-7-5-4-6-8-18/h9-12,18-19H,3-8,13-15H2,1-2H3,(H,23,26). The van der Waals surface area contributed by atoms with Gasteiger partial charge < -0.3 is 15.0 Å². The Balaban J connectivity index is 1.54. The summed E-state index contributed by atoms with van der Waals surface area (Å²) in [6.45, 7) is 4.07. The summed E-state index contributed by atoms with van der Waals surface area (Å²) in [4.78, 5) is 28.8. The Morgan fingerprint density at radius 3 is 2.52 bits per heavy atom. The molecule has 1 amide bonds. The molecular weight excluding hydrogens is 386 g/mol. The average Bonchev–Trinajstić information content (AvgIpc) is 3.24. The summed E-state index contributed by atoms with van der Waals surface area (Å²) in [5.41, 5.74) is 1.48. The number of hydrogen-bond acceptors (Lipinski definition) is 5. The summed E-state index contributed by atoms with van der Waals surface area (Å²) in [7, 11) is 2.08. The van der Waals surface area contributed by atoms with Crippen LogP contribution in [-0.2, 0) is 14.3 Å². The lowest BCUT2D eigenvalue weighted by atomic mass is 9.94. The molecule has 0 aromatic heterocycles. The summed E-state index contributed by atoms with van der Waals surface area (Å²) in [6, 6.07) is 8.47. The van der Waals surface area contributed by atoms with Crippen molar-refractivity contribution in [1.82, 2.24) is 9.80 Å². The molecule has 1 atom stereocenters. The van der Waals surface area contributed by atoms with Crippen LogP contribution in [0.2, 0.25) is 0 Å². The number of amides is 1. The fourth-order valence-electron chi connectivity index (χ4n) is 4.31. The van der Waals surface area contributed by atoms with Gasteiger partial charge in [-0.3, -0.25) is 9.69 Å². The molecule has 1 saturated carbocycles. The van der Waals surface area contributed by atoms with Crippen LogP contribution in [0.5, 0.6) is 0 Å². The molecule has 1 unspecified atom stereocenters. The van der Waals surface area contributed by atoms with Gasteiger partial charge in [0.15, 0.2) is 0 Å². The van der Waals surface area contributed by atoms with Gasteiger partial charge in [-0.05, 0) is 50.5 Å². The van der Waals surface area contributed by atoms with E-state index in [2.05, 4.69) is 22.2 Å². The number of carbonyl (C=O) groups excluding carboxylic acids is 2. The molecular formula is C22H31N3O3S. The smallest absolute Gasteiger partial charge is 0.397 e. The van der Waals surface area contributed by atoms with Gasteiger partial charge in [0, 0.05) is 43.5 Å². The molecule has 1 heterocycles. The lowest BCUT2D eigenvalue weighted by Gasteiger charge is -2.32. The van der Waals surface area contributed by atoms with Crippen LogP contribution in [0.1, 0.15) is 51.0 Å². The predicted molar refractivity (Wildman–Crippen MR) is 118 cm³/mol. The van der Waals surface area contributed by atoms with Gasteiger partial charge in [0.25, 0.3) is 0 Å². The number of nitrogens with one attached hydrogen (secondary N) is 1. The van der Waals surface area contributed by atoms with Gasteiger partial charge in [0.1, 0.15) is 4.99 Å². The molecule has 3 rings (SSSR count). The van der Waals surface area contributed by atoms with Crippen LogP contribution in [0.4, 0.5) is 5.69 Å². The number of carbonyl (C=O) groups is 2. The average molecular weight is 418 g/mol. The van der Waals surface area contributed by atoms with Crippen LogP contribution < -0.4 is 5.32 Å². The Hall–Kier alpha value is -1.99. The molecule has 0 radical (unpaired) electrons. The van der Waals surface area contributed by atoms with Crippen LogP contribution in [0.3, 0.4) is 0 Å². The second-order valence-corrected chi connectivity index (χ2v) is 8.28. The van der Waals surface area contributed by atoms with Gasteiger partial charge in [-0.1, -0.05) is 31.5 Å². The molecule has 1 aromatic rings. The molecule has 6 nitrogen and oxygen atoms in total. The number of rotatable bonds is 5. The maximum Gasteiger partial charge on any atom is 0.397 e. The highest BCUT2D eigenvalue weighted by Gasteiger charge is 2.32. The first-order valence-corrected chi connectivity index (χ1v) is 11.0. The molecule has 2 aliphatic rings. The Bertz CT molecular complexity index is 731. The molecule has 29 heavy (non-hydrogen) atoms. The summed E-state index contributed by atoms with van der Waals surface area (Å²) in [6.07, 6.45) is 7.91. The van der Waals surface area contributed by atoms with E-state index in [9.17, 15) is 9.59 Å². The third-order valence-electron chi connectivity index (χ3n) is 6.00. The molecule has 1 aliphatic carbocycles. The molecule has 0 bridgehead atoms. The first-order valence-electron chi connectivity index (χ1n) is 10.6. The van der Waals surface area contributed by atoms with Crippen molar-refractivity contribution in [3.8, 4) is 0 Å². The zero-order valence-corrected chi connectivity index (χ0v) is 18.2. The van der Waals surface area contributed by atoms with E-state index in [4.69, 9.17) is 17.0 Å². The normalized spacial score (nSPS) is 20.3. The molecule has 0 spiro atoms. The van der Waals surface area contributed by atoms with Gasteiger partial charge in [-0.15, -0.1) is 0 Å². The van der Waals surface area contributed by atoms with E-state index < -0.39 is 11.9 Å². The summed E-state index contributed by atoms with van der Waals surface area (Å²) in [5, 5.41) is 2.54. The van der Waals surface area contributed by atoms with Crippen molar-refractivity contribution in [1.29, 1.82) is 0 Å². The fourth-order valence-corrected chi connectivity index (χ4v) is 4.59. The number of likely N-dealkylation sites (tertiary alicyclic amines) is 1. The fraction of sp³-hybridized carbons (Fsp3) is 0.591. The summed E-state index contributed by atoms with van der Waals surface area (Å²) in [5.74, 6) is -1.65. The number of benzene rings is 1. The second kappa shape index (κ2) is 10.2. The van der Waals surface area contributed by atoms with E-state index in [1.165, 1.54) is 32.1 Å². The first kappa shape index (κ1) is 21.7. The van der Waals surface area contributed by atoms with Crippen LogP contribution >= 0.6 is 12.2 Å². The zero-order chi connectivity index (χ0) is 20.8. The highest BCUT2D eigenvalue weighted by molar-refractivity contribution is 7.80. The second-order valence-electron chi connectivity index (χ2n) is 7.90. The number of anilines is 1. The van der Waals surface area contributed by atoms with Crippen molar-refractivity contribution in [3.63, 3.8) is 0 Å². The van der Waals surface area contributed by atoms with E-state index in [0.29, 0.717) is 11.7 Å². The highest BCUT2D eigenvalue weighted by atomic mass is 32.1. The number of thiocarbonyl (C=S) groups is 1. The maximum atomic E-state index is 11.7. The number of esters is 1. The molecule has 1 N–H and O–H groups in total. The van der Waals surface area contributed by atoms with Gasteiger partial charge in [-0.25, -0.2) is 4.79 Å². The molecule has 158 valence electrons. The Kier molecular flexibility index (Phi) is 7.61. The zero-order valence-electron chi connectivity index (χ0n) is 17.4. The van der Waals surface area contributed by atoms with Crippen molar-refractivity contribution in [3.05, 3.63) is 29.8 Å². The Morgan fingerprint density at radius 1 is 1.17 bits per heavy atom. The number of ether oxygens (including phenoxy) is 1. The molecule has 1 saturated heterocycles. The van der Waals surface area contributed by atoms with E-state index >= 15 is 0 Å². The first-order chi connectivity index (χ1) is 14.0. The molecule has 1 aliphatic heterocycles. The largest absolute Gasteiger partial charge is 0.459 e. The van der Waals surface area contributed by atoms with E-state index in [1.807, 2.05) is 12.1 Å². The number of likely N-dealkylation sites (N-methyl/N-ethyl adjacent to an activating group) is 1. The van der Waals surface area contributed by atoms with Gasteiger partial charge >= 0.3 is 11.9 Å². The van der Waals surface area contributed by atoms with E-state index in [1.54, 1.807) is 19.1 Å². The molecule has 2 fully saturated rings. The lowest BCUT2D eigenvalue weighted by molar-refractivity contribution is -0.152. The Labute approximate surface area is 178 Å². The van der Waals surface area contributed by atoms with Gasteiger partial charge in [-0.2, -0.15) is 0 Å². The summed E-state index contributed by atoms with van der Waals surface area (Å²) < 4.78 is 4.70. The van der Waals surface area contributed by atoms with E-state index in [0.717, 1.165) is 36.1 Å². The van der Waals surface area contributed by atoms with Crippen LogP contribution in [0.15, 0.2) is 24.3 Å². The van der Waals surface area contributed by atoms with Crippen molar-refractivity contribution in [2.45, 2.75) is 57.5 Å². The monoisotopic (exact) mass is 417 g/mol. The minimum atomic E-state index is -0.879. The lowest BCUT2D eigenvalue weighted by Crippen LogP contribution is -2.41. The predicted octanol–water partition coefficient (Wildman–Crippen LogP) is 3.20. The number of nitrogens with zero attached hydrogens (tertiary/aromatic N) is 2. The molecule has 1 aromatic carbocycles. The highest BCUT2D eigenvalue weighted by Crippen LogP contribution is 2.27. The Morgan fingerprint density at radius 2 is 1.86 bits per heavy atom. The SMILES string of the molecule is CCOC(=O)C(=O)Nc1ccc(C(=S)N(C)C2CCN(C3CCCCC3)C2)cc1. The minimum Gasteiger partial charge on any atom is -0.459 e. The van der Waals surface area contributed by atoms with Crippen molar-refractivity contribution < 1.29 is 14.3 Å². The third-order valence-corrected chi connectivity index (χ3v) is 6.53. The van der Waals surface area contributed by atoms with Crippen LogP contribution in [0, 0.1) is 0 Å².